The van der Waals surface area contributed by atoms with E-state index in [0.29, 0.717) is 6.29 Å². The summed E-state index contributed by atoms with van der Waals surface area (Å²) in [6.07, 6.45) is 0.511. The van der Waals surface area contributed by atoms with Gasteiger partial charge in [-0.2, -0.15) is 0 Å². The molecule has 0 spiro atoms. The van der Waals surface area contributed by atoms with Crippen molar-refractivity contribution >= 4 is 27.9 Å². The Balaban J connectivity index is 3.33. The fourth-order valence-corrected chi connectivity index (χ4v) is 1.82. The molecule has 1 aromatic carbocycles. The van der Waals surface area contributed by atoms with Crippen molar-refractivity contribution in [3.05, 3.63) is 28.8 Å². The maximum Gasteiger partial charge on any atom is 0.240 e. The summed E-state index contributed by atoms with van der Waals surface area (Å²) in [5.41, 5.74) is 0.156. The van der Waals surface area contributed by atoms with Gasteiger partial charge in [0.1, 0.15) is 0 Å². The molecular formula is C8H8ClNO3S. The van der Waals surface area contributed by atoms with Crippen molar-refractivity contribution in [3.8, 4) is 0 Å². The summed E-state index contributed by atoms with van der Waals surface area (Å²) in [5.74, 6) is 0. The summed E-state index contributed by atoms with van der Waals surface area (Å²) in [6.45, 7) is 0. The van der Waals surface area contributed by atoms with Crippen molar-refractivity contribution < 1.29 is 13.2 Å². The molecule has 6 heteroatoms. The number of benzene rings is 1. The van der Waals surface area contributed by atoms with Crippen molar-refractivity contribution in [3.63, 3.8) is 0 Å². The van der Waals surface area contributed by atoms with E-state index in [-0.39, 0.29) is 15.5 Å². The Morgan fingerprint density at radius 1 is 1.43 bits per heavy atom. The van der Waals surface area contributed by atoms with Gasteiger partial charge in [0.2, 0.25) is 10.0 Å². The van der Waals surface area contributed by atoms with Crippen LogP contribution in [0.2, 0.25) is 5.02 Å². The fraction of sp³-hybridized carbons (Fsp3) is 0.125. The number of carbonyl (C=O) groups is 1. The lowest BCUT2D eigenvalue weighted by Crippen LogP contribution is -2.18. The van der Waals surface area contributed by atoms with Crippen LogP contribution in [-0.4, -0.2) is 21.8 Å². The Kier molecular flexibility index (Phi) is 3.25. The number of halogens is 1. The van der Waals surface area contributed by atoms with Crippen LogP contribution in [0.4, 0.5) is 0 Å². The minimum absolute atomic E-state index is 0.0199. The molecule has 0 heterocycles. The normalized spacial score (nSPS) is 11.3. The quantitative estimate of drug-likeness (QED) is 0.794. The summed E-state index contributed by atoms with van der Waals surface area (Å²) in [4.78, 5) is 10.5. The Bertz CT molecular complexity index is 456. The van der Waals surface area contributed by atoms with Gasteiger partial charge in [-0.3, -0.25) is 4.79 Å². The average Bonchev–Trinajstić information content (AvgIpc) is 2.18. The van der Waals surface area contributed by atoms with E-state index in [9.17, 15) is 13.2 Å². The van der Waals surface area contributed by atoms with Gasteiger partial charge in [-0.1, -0.05) is 11.6 Å². The van der Waals surface area contributed by atoms with Crippen LogP contribution in [0.3, 0.4) is 0 Å². The number of hydrogen-bond acceptors (Lipinski definition) is 3. The second kappa shape index (κ2) is 4.08. The minimum atomic E-state index is -3.52. The summed E-state index contributed by atoms with van der Waals surface area (Å²) in [5, 5.41) is 0.232. The maximum absolute atomic E-state index is 11.3. The van der Waals surface area contributed by atoms with Crippen LogP contribution >= 0.6 is 11.6 Å². The molecule has 0 aromatic heterocycles. The Hall–Kier alpha value is -0.910. The lowest BCUT2D eigenvalue weighted by Gasteiger charge is -2.03. The SMILES string of the molecule is CNS(=O)(=O)c1ccc(Cl)c(C=O)c1. The molecule has 1 aromatic rings. The third-order valence-corrected chi connectivity index (χ3v) is 3.43. The molecule has 0 radical (unpaired) electrons. The number of rotatable bonds is 3. The van der Waals surface area contributed by atoms with Gasteiger partial charge in [-0.15, -0.1) is 0 Å². The highest BCUT2D eigenvalue weighted by molar-refractivity contribution is 7.89. The van der Waals surface area contributed by atoms with E-state index >= 15 is 0 Å². The standard InChI is InChI=1S/C8H8ClNO3S/c1-10-14(12,13)7-2-3-8(9)6(4-7)5-11/h2-5,10H,1H3. The van der Waals surface area contributed by atoms with E-state index in [1.807, 2.05) is 0 Å². The van der Waals surface area contributed by atoms with E-state index in [1.54, 1.807) is 0 Å². The zero-order valence-electron chi connectivity index (χ0n) is 7.32. The maximum atomic E-state index is 11.3. The summed E-state index contributed by atoms with van der Waals surface area (Å²) in [6, 6.07) is 3.93. The first-order chi connectivity index (χ1) is 6.51. The van der Waals surface area contributed by atoms with Crippen molar-refractivity contribution in [2.24, 2.45) is 0 Å². The molecule has 4 nitrogen and oxygen atoms in total. The predicted octanol–water partition coefficient (Wildman–Crippen LogP) is 1.06. The van der Waals surface area contributed by atoms with Crippen molar-refractivity contribution in [2.45, 2.75) is 4.90 Å². The molecule has 0 fully saturated rings. The molecule has 0 aliphatic carbocycles. The van der Waals surface area contributed by atoms with Crippen molar-refractivity contribution in [1.29, 1.82) is 0 Å². The van der Waals surface area contributed by atoms with Crippen LogP contribution in [0.25, 0.3) is 0 Å². The van der Waals surface area contributed by atoms with Crippen LogP contribution in [0.5, 0.6) is 0 Å². The first-order valence-corrected chi connectivity index (χ1v) is 5.55. The number of nitrogens with one attached hydrogen (secondary N) is 1. The zero-order chi connectivity index (χ0) is 10.8. The largest absolute Gasteiger partial charge is 0.298 e. The van der Waals surface area contributed by atoms with Gasteiger partial charge in [0.15, 0.2) is 6.29 Å². The van der Waals surface area contributed by atoms with E-state index in [0.717, 1.165) is 0 Å². The summed E-state index contributed by atoms with van der Waals surface area (Å²) >= 11 is 5.64. The third-order valence-electron chi connectivity index (χ3n) is 1.67. The molecule has 0 aliphatic heterocycles. The third kappa shape index (κ3) is 2.12. The van der Waals surface area contributed by atoms with Crippen molar-refractivity contribution in [2.75, 3.05) is 7.05 Å². The molecule has 0 saturated heterocycles. The number of sulfonamides is 1. The highest BCUT2D eigenvalue weighted by Crippen LogP contribution is 2.18. The molecule has 0 unspecified atom stereocenters. The van der Waals surface area contributed by atoms with E-state index in [1.165, 1.54) is 25.2 Å². The van der Waals surface area contributed by atoms with Crippen LogP contribution in [-0.2, 0) is 10.0 Å². The number of aldehydes is 1. The van der Waals surface area contributed by atoms with Crippen molar-refractivity contribution in [1.82, 2.24) is 4.72 Å². The van der Waals surface area contributed by atoms with Gasteiger partial charge in [-0.05, 0) is 25.2 Å². The van der Waals surface area contributed by atoms with Gasteiger partial charge in [-0.25, -0.2) is 13.1 Å². The number of hydrogen-bond donors (Lipinski definition) is 1. The Morgan fingerprint density at radius 3 is 2.57 bits per heavy atom. The lowest BCUT2D eigenvalue weighted by molar-refractivity contribution is 0.112. The predicted molar refractivity (Wildman–Crippen MR) is 53.1 cm³/mol. The summed E-state index contributed by atoms with van der Waals surface area (Å²) < 4.78 is 24.8. The van der Waals surface area contributed by atoms with Gasteiger partial charge >= 0.3 is 0 Å². The van der Waals surface area contributed by atoms with Crippen LogP contribution in [0.1, 0.15) is 10.4 Å². The second-order valence-electron chi connectivity index (χ2n) is 2.51. The molecule has 0 saturated carbocycles. The lowest BCUT2D eigenvalue weighted by atomic mass is 10.2. The van der Waals surface area contributed by atoms with Crippen LogP contribution in [0.15, 0.2) is 23.1 Å². The van der Waals surface area contributed by atoms with Gasteiger partial charge < -0.3 is 0 Å². The molecule has 0 aliphatic rings. The Morgan fingerprint density at radius 2 is 2.07 bits per heavy atom. The summed E-state index contributed by atoms with van der Waals surface area (Å²) in [7, 11) is -2.22. The van der Waals surface area contributed by atoms with E-state index < -0.39 is 10.0 Å². The van der Waals surface area contributed by atoms with Gasteiger partial charge in [0, 0.05) is 5.56 Å². The van der Waals surface area contributed by atoms with Crippen LogP contribution < -0.4 is 4.72 Å². The highest BCUT2D eigenvalue weighted by atomic mass is 35.5. The smallest absolute Gasteiger partial charge is 0.240 e. The van der Waals surface area contributed by atoms with Crippen LogP contribution in [0, 0.1) is 0 Å². The topological polar surface area (TPSA) is 63.2 Å². The van der Waals surface area contributed by atoms with Gasteiger partial charge in [0.25, 0.3) is 0 Å². The molecule has 1 rings (SSSR count). The molecule has 0 amide bonds. The molecular weight excluding hydrogens is 226 g/mol. The van der Waals surface area contributed by atoms with E-state index in [2.05, 4.69) is 4.72 Å². The molecule has 0 atom stereocenters. The average molecular weight is 234 g/mol. The number of carbonyl (C=O) groups excluding carboxylic acids is 1. The zero-order valence-corrected chi connectivity index (χ0v) is 8.89. The Labute approximate surface area is 86.9 Å². The molecule has 14 heavy (non-hydrogen) atoms. The monoisotopic (exact) mass is 233 g/mol. The molecule has 1 N–H and O–H groups in total. The molecule has 0 bridgehead atoms. The molecule has 76 valence electrons. The minimum Gasteiger partial charge on any atom is -0.298 e. The van der Waals surface area contributed by atoms with Gasteiger partial charge in [0.05, 0.1) is 9.92 Å². The highest BCUT2D eigenvalue weighted by Gasteiger charge is 2.12. The fourth-order valence-electron chi connectivity index (χ4n) is 0.897. The first kappa shape index (κ1) is 11.2. The van der Waals surface area contributed by atoms with E-state index in [4.69, 9.17) is 11.6 Å². The second-order valence-corrected chi connectivity index (χ2v) is 4.80. The first-order valence-electron chi connectivity index (χ1n) is 3.69.